The van der Waals surface area contributed by atoms with Crippen LogP contribution < -0.4 is 11.1 Å². The highest BCUT2D eigenvalue weighted by molar-refractivity contribution is 7.10. The Morgan fingerprint density at radius 2 is 1.89 bits per heavy atom. The Kier molecular flexibility index (Phi) is 6.64. The first-order chi connectivity index (χ1) is 8.45. The third-order valence-corrected chi connectivity index (χ3v) is 4.87. The summed E-state index contributed by atoms with van der Waals surface area (Å²) in [6, 6.07) is 2.23. The molecule has 104 valence electrons. The number of nitrogens with one attached hydrogen (secondary N) is 1. The zero-order valence-corrected chi connectivity index (χ0v) is 13.3. The lowest BCUT2D eigenvalue weighted by molar-refractivity contribution is 0.267. The highest BCUT2D eigenvalue weighted by Gasteiger charge is 2.19. The van der Waals surface area contributed by atoms with Gasteiger partial charge in [0.1, 0.15) is 0 Å². The average molecular weight is 289 g/mol. The van der Waals surface area contributed by atoms with Gasteiger partial charge in [0.15, 0.2) is 0 Å². The second-order valence-corrected chi connectivity index (χ2v) is 6.89. The molecule has 1 unspecified atom stereocenters. The molecule has 1 aromatic heterocycles. The maximum atomic E-state index is 5.97. The maximum absolute atomic E-state index is 5.97. The van der Waals surface area contributed by atoms with E-state index in [-0.39, 0.29) is 6.04 Å². The first-order valence-electron chi connectivity index (χ1n) is 6.63. The molecule has 1 atom stereocenters. The summed E-state index contributed by atoms with van der Waals surface area (Å²) in [5, 5.41) is 6.36. The lowest BCUT2D eigenvalue weighted by atomic mass is 9.85. The molecule has 0 amide bonds. The highest BCUT2D eigenvalue weighted by atomic mass is 35.5. The molecular weight excluding hydrogens is 264 g/mol. The SMILES string of the molecule is CC(C)C(CNC(CN)c1cc(Cl)cs1)C(C)C. The van der Waals surface area contributed by atoms with E-state index in [9.17, 15) is 0 Å². The van der Waals surface area contributed by atoms with Crippen molar-refractivity contribution in [1.82, 2.24) is 5.32 Å². The summed E-state index contributed by atoms with van der Waals surface area (Å²) in [5.41, 5.74) is 5.85. The summed E-state index contributed by atoms with van der Waals surface area (Å²) in [6.45, 7) is 10.8. The van der Waals surface area contributed by atoms with Crippen molar-refractivity contribution in [3.63, 3.8) is 0 Å². The smallest absolute Gasteiger partial charge is 0.0539 e. The predicted molar refractivity (Wildman–Crippen MR) is 82.3 cm³/mol. The summed E-state index contributed by atoms with van der Waals surface area (Å²) in [6.07, 6.45) is 0. The number of rotatable bonds is 7. The summed E-state index contributed by atoms with van der Waals surface area (Å²) in [4.78, 5) is 1.23. The normalized spacial score (nSPS) is 13.8. The number of halogens is 1. The molecule has 3 N–H and O–H groups in total. The fourth-order valence-electron chi connectivity index (χ4n) is 2.33. The van der Waals surface area contributed by atoms with Crippen LogP contribution in [0, 0.1) is 17.8 Å². The van der Waals surface area contributed by atoms with Gasteiger partial charge < -0.3 is 11.1 Å². The van der Waals surface area contributed by atoms with E-state index in [2.05, 4.69) is 33.0 Å². The fourth-order valence-corrected chi connectivity index (χ4v) is 3.50. The van der Waals surface area contributed by atoms with Crippen LogP contribution in [-0.2, 0) is 0 Å². The summed E-state index contributed by atoms with van der Waals surface area (Å²) in [5.74, 6) is 2.04. The van der Waals surface area contributed by atoms with E-state index < -0.39 is 0 Å². The third kappa shape index (κ3) is 4.54. The van der Waals surface area contributed by atoms with Gasteiger partial charge in [0.2, 0.25) is 0 Å². The van der Waals surface area contributed by atoms with Crippen molar-refractivity contribution in [2.75, 3.05) is 13.1 Å². The van der Waals surface area contributed by atoms with E-state index in [1.807, 2.05) is 11.4 Å². The standard InChI is InChI=1S/C14H25ClN2S/c1-9(2)12(10(3)4)7-17-13(6-16)14-5-11(15)8-18-14/h5,8-10,12-13,17H,6-7,16H2,1-4H3. The van der Waals surface area contributed by atoms with Crippen LogP contribution in [0.1, 0.15) is 38.6 Å². The second-order valence-electron chi connectivity index (χ2n) is 5.52. The van der Waals surface area contributed by atoms with Crippen molar-refractivity contribution < 1.29 is 0 Å². The molecule has 0 spiro atoms. The van der Waals surface area contributed by atoms with E-state index in [1.54, 1.807) is 11.3 Å². The van der Waals surface area contributed by atoms with E-state index in [0.29, 0.717) is 24.3 Å². The Morgan fingerprint density at radius 1 is 1.28 bits per heavy atom. The average Bonchev–Trinajstić information content (AvgIpc) is 2.70. The molecular formula is C14H25ClN2S. The van der Waals surface area contributed by atoms with Crippen LogP contribution in [0.25, 0.3) is 0 Å². The zero-order valence-electron chi connectivity index (χ0n) is 11.7. The fraction of sp³-hybridized carbons (Fsp3) is 0.714. The van der Waals surface area contributed by atoms with Gasteiger partial charge in [-0.1, -0.05) is 39.3 Å². The van der Waals surface area contributed by atoms with Gasteiger partial charge in [-0.05, 0) is 30.4 Å². The second kappa shape index (κ2) is 7.49. The Morgan fingerprint density at radius 3 is 2.28 bits per heavy atom. The van der Waals surface area contributed by atoms with Crippen molar-refractivity contribution in [2.24, 2.45) is 23.5 Å². The van der Waals surface area contributed by atoms with Gasteiger partial charge in [-0.2, -0.15) is 0 Å². The summed E-state index contributed by atoms with van der Waals surface area (Å²) in [7, 11) is 0. The maximum Gasteiger partial charge on any atom is 0.0539 e. The van der Waals surface area contributed by atoms with Crippen LogP contribution >= 0.6 is 22.9 Å². The van der Waals surface area contributed by atoms with Crippen LogP contribution in [0.5, 0.6) is 0 Å². The molecule has 0 bridgehead atoms. The van der Waals surface area contributed by atoms with Crippen LogP contribution in [0.15, 0.2) is 11.4 Å². The Balaban J connectivity index is 2.59. The monoisotopic (exact) mass is 288 g/mol. The lowest BCUT2D eigenvalue weighted by Gasteiger charge is -2.27. The Bertz CT molecular complexity index is 341. The summed E-state index contributed by atoms with van der Waals surface area (Å²) < 4.78 is 0. The van der Waals surface area contributed by atoms with Gasteiger partial charge in [0.05, 0.1) is 11.1 Å². The number of hydrogen-bond donors (Lipinski definition) is 2. The van der Waals surface area contributed by atoms with Gasteiger partial charge in [0, 0.05) is 16.8 Å². The number of hydrogen-bond acceptors (Lipinski definition) is 3. The van der Waals surface area contributed by atoms with Crippen molar-refractivity contribution in [1.29, 1.82) is 0 Å². The molecule has 0 saturated heterocycles. The van der Waals surface area contributed by atoms with Crippen LogP contribution in [-0.4, -0.2) is 13.1 Å². The molecule has 0 aliphatic heterocycles. The molecule has 0 saturated carbocycles. The van der Waals surface area contributed by atoms with Crippen molar-refractivity contribution in [3.8, 4) is 0 Å². The van der Waals surface area contributed by atoms with E-state index in [4.69, 9.17) is 17.3 Å². The minimum atomic E-state index is 0.225. The van der Waals surface area contributed by atoms with Gasteiger partial charge in [-0.15, -0.1) is 11.3 Å². The molecule has 1 heterocycles. The minimum absolute atomic E-state index is 0.225. The molecule has 0 aliphatic carbocycles. The topological polar surface area (TPSA) is 38.0 Å². The number of thiophene rings is 1. The minimum Gasteiger partial charge on any atom is -0.329 e. The highest BCUT2D eigenvalue weighted by Crippen LogP contribution is 2.26. The van der Waals surface area contributed by atoms with Crippen molar-refractivity contribution in [3.05, 3.63) is 21.3 Å². The number of nitrogens with two attached hydrogens (primary N) is 1. The lowest BCUT2D eigenvalue weighted by Crippen LogP contribution is -2.35. The molecule has 2 nitrogen and oxygen atoms in total. The van der Waals surface area contributed by atoms with Crippen LogP contribution in [0.4, 0.5) is 0 Å². The molecule has 0 fully saturated rings. The Labute approximate surface area is 120 Å². The molecule has 1 rings (SSSR count). The molecule has 4 heteroatoms. The van der Waals surface area contributed by atoms with Gasteiger partial charge >= 0.3 is 0 Å². The van der Waals surface area contributed by atoms with Gasteiger partial charge in [-0.25, -0.2) is 0 Å². The first kappa shape index (κ1) is 16.0. The largest absolute Gasteiger partial charge is 0.329 e. The summed E-state index contributed by atoms with van der Waals surface area (Å²) >= 11 is 7.64. The predicted octanol–water partition coefficient (Wildman–Crippen LogP) is 3.92. The Hall–Kier alpha value is -0.0900. The van der Waals surface area contributed by atoms with Crippen LogP contribution in [0.3, 0.4) is 0 Å². The van der Waals surface area contributed by atoms with E-state index in [1.165, 1.54) is 4.88 Å². The molecule has 0 aliphatic rings. The van der Waals surface area contributed by atoms with Gasteiger partial charge in [-0.3, -0.25) is 0 Å². The first-order valence-corrected chi connectivity index (χ1v) is 7.88. The van der Waals surface area contributed by atoms with E-state index >= 15 is 0 Å². The molecule has 0 radical (unpaired) electrons. The third-order valence-electron chi connectivity index (χ3n) is 3.48. The molecule has 18 heavy (non-hydrogen) atoms. The molecule has 1 aromatic rings. The zero-order chi connectivity index (χ0) is 13.7. The quantitative estimate of drug-likeness (QED) is 0.798. The van der Waals surface area contributed by atoms with E-state index in [0.717, 1.165) is 11.6 Å². The van der Waals surface area contributed by atoms with Crippen molar-refractivity contribution >= 4 is 22.9 Å². The molecule has 0 aromatic carbocycles. The van der Waals surface area contributed by atoms with Gasteiger partial charge in [0.25, 0.3) is 0 Å². The van der Waals surface area contributed by atoms with Crippen molar-refractivity contribution in [2.45, 2.75) is 33.7 Å². The van der Waals surface area contributed by atoms with Crippen LogP contribution in [0.2, 0.25) is 5.02 Å².